The standard InChI is InChI=1S/C24H33N3O2S/c1-4-7-8-11-18-29-22-13-10-9-12-21(22)23(28)26-24(30)25-19-14-16-20(17-15-19)27(5-2)6-3/h9-10,12-17H,4-8,11,18H2,1-3H3,(H2,25,26,28,30). The lowest BCUT2D eigenvalue weighted by atomic mass is 10.2. The van der Waals surface area contributed by atoms with Crippen molar-refractivity contribution in [1.29, 1.82) is 0 Å². The van der Waals surface area contributed by atoms with Crippen LogP contribution in [0.15, 0.2) is 48.5 Å². The normalized spacial score (nSPS) is 10.4. The number of carbonyl (C=O) groups is 1. The molecule has 0 radical (unpaired) electrons. The quantitative estimate of drug-likeness (QED) is 0.360. The molecule has 0 unspecified atom stereocenters. The highest BCUT2D eigenvalue weighted by molar-refractivity contribution is 7.80. The Balaban J connectivity index is 1.92. The molecule has 0 aliphatic rings. The van der Waals surface area contributed by atoms with Crippen molar-refractivity contribution in [3.63, 3.8) is 0 Å². The van der Waals surface area contributed by atoms with Crippen LogP contribution in [0, 0.1) is 0 Å². The molecule has 30 heavy (non-hydrogen) atoms. The SMILES string of the molecule is CCCCCCOc1ccccc1C(=O)NC(=S)Nc1ccc(N(CC)CC)cc1. The van der Waals surface area contributed by atoms with E-state index in [4.69, 9.17) is 17.0 Å². The highest BCUT2D eigenvalue weighted by atomic mass is 32.1. The highest BCUT2D eigenvalue weighted by Gasteiger charge is 2.13. The molecular weight excluding hydrogens is 394 g/mol. The van der Waals surface area contributed by atoms with Gasteiger partial charge in [-0.15, -0.1) is 0 Å². The number of nitrogens with one attached hydrogen (secondary N) is 2. The van der Waals surface area contributed by atoms with E-state index in [-0.39, 0.29) is 11.0 Å². The Bertz CT molecular complexity index is 804. The van der Waals surface area contributed by atoms with Gasteiger partial charge in [0, 0.05) is 24.5 Å². The number of nitrogens with zero attached hydrogens (tertiary/aromatic N) is 1. The summed E-state index contributed by atoms with van der Waals surface area (Å²) < 4.78 is 5.83. The molecule has 162 valence electrons. The summed E-state index contributed by atoms with van der Waals surface area (Å²) in [5.74, 6) is 0.300. The van der Waals surface area contributed by atoms with Crippen LogP contribution in [0.3, 0.4) is 0 Å². The third kappa shape index (κ3) is 7.34. The number of hydrogen-bond donors (Lipinski definition) is 2. The largest absolute Gasteiger partial charge is 0.493 e. The summed E-state index contributed by atoms with van der Waals surface area (Å²) in [7, 11) is 0. The zero-order chi connectivity index (χ0) is 21.8. The van der Waals surface area contributed by atoms with E-state index in [0.29, 0.717) is 17.9 Å². The number of unbranched alkanes of at least 4 members (excludes halogenated alkanes) is 3. The van der Waals surface area contributed by atoms with Gasteiger partial charge in [-0.1, -0.05) is 38.3 Å². The van der Waals surface area contributed by atoms with Gasteiger partial charge in [0.15, 0.2) is 5.11 Å². The second-order valence-corrected chi connectivity index (χ2v) is 7.44. The summed E-state index contributed by atoms with van der Waals surface area (Å²) in [4.78, 5) is 15.0. The summed E-state index contributed by atoms with van der Waals surface area (Å²) in [6.45, 7) is 8.96. The van der Waals surface area contributed by atoms with E-state index in [1.807, 2.05) is 42.5 Å². The van der Waals surface area contributed by atoms with E-state index >= 15 is 0 Å². The maximum atomic E-state index is 12.7. The molecule has 0 heterocycles. The van der Waals surface area contributed by atoms with Gasteiger partial charge in [-0.2, -0.15) is 0 Å². The Hall–Kier alpha value is -2.60. The summed E-state index contributed by atoms with van der Waals surface area (Å²) in [6, 6.07) is 15.3. The van der Waals surface area contributed by atoms with Crippen LogP contribution in [-0.2, 0) is 0 Å². The molecule has 0 aliphatic heterocycles. The number of thiocarbonyl (C=S) groups is 1. The minimum atomic E-state index is -0.281. The third-order valence-corrected chi connectivity index (χ3v) is 5.07. The summed E-state index contributed by atoms with van der Waals surface area (Å²) in [5.41, 5.74) is 2.47. The van der Waals surface area contributed by atoms with Crippen LogP contribution in [0.2, 0.25) is 0 Å². The first-order valence-electron chi connectivity index (χ1n) is 10.8. The lowest BCUT2D eigenvalue weighted by molar-refractivity contribution is 0.0973. The average molecular weight is 428 g/mol. The minimum absolute atomic E-state index is 0.258. The zero-order valence-corrected chi connectivity index (χ0v) is 19.1. The topological polar surface area (TPSA) is 53.6 Å². The summed E-state index contributed by atoms with van der Waals surface area (Å²) in [5, 5.41) is 6.07. The molecule has 5 nitrogen and oxygen atoms in total. The lowest BCUT2D eigenvalue weighted by Gasteiger charge is -2.21. The predicted octanol–water partition coefficient (Wildman–Crippen LogP) is 5.62. The number of amides is 1. The van der Waals surface area contributed by atoms with Gasteiger partial charge < -0.3 is 15.0 Å². The number of anilines is 2. The lowest BCUT2D eigenvalue weighted by Crippen LogP contribution is -2.34. The van der Waals surface area contributed by atoms with Gasteiger partial charge in [-0.05, 0) is 68.9 Å². The first-order valence-corrected chi connectivity index (χ1v) is 11.2. The molecule has 0 atom stereocenters. The van der Waals surface area contributed by atoms with Crippen molar-refractivity contribution in [1.82, 2.24) is 5.32 Å². The van der Waals surface area contributed by atoms with Crippen LogP contribution in [-0.4, -0.2) is 30.7 Å². The van der Waals surface area contributed by atoms with Crippen molar-refractivity contribution in [3.05, 3.63) is 54.1 Å². The van der Waals surface area contributed by atoms with E-state index in [0.717, 1.165) is 37.3 Å². The molecule has 2 N–H and O–H groups in total. The van der Waals surface area contributed by atoms with E-state index in [9.17, 15) is 4.79 Å². The fourth-order valence-electron chi connectivity index (χ4n) is 3.17. The van der Waals surface area contributed by atoms with Crippen molar-refractivity contribution in [2.45, 2.75) is 46.5 Å². The molecule has 1 amide bonds. The van der Waals surface area contributed by atoms with Crippen LogP contribution in [0.5, 0.6) is 5.75 Å². The number of para-hydroxylation sites is 1. The second kappa shape index (κ2) is 12.9. The van der Waals surface area contributed by atoms with Gasteiger partial charge in [0.05, 0.1) is 12.2 Å². The Morgan fingerprint density at radius 2 is 1.67 bits per heavy atom. The molecule has 0 spiro atoms. The Labute approximate surface area is 185 Å². The highest BCUT2D eigenvalue weighted by Crippen LogP contribution is 2.20. The first-order chi connectivity index (χ1) is 14.6. The third-order valence-electron chi connectivity index (χ3n) is 4.87. The van der Waals surface area contributed by atoms with Gasteiger partial charge in [0.25, 0.3) is 5.91 Å². The zero-order valence-electron chi connectivity index (χ0n) is 18.2. The Morgan fingerprint density at radius 3 is 2.33 bits per heavy atom. The molecule has 2 aromatic carbocycles. The monoisotopic (exact) mass is 427 g/mol. The molecular formula is C24H33N3O2S. The molecule has 0 saturated heterocycles. The van der Waals surface area contributed by atoms with E-state index < -0.39 is 0 Å². The Morgan fingerprint density at radius 1 is 0.967 bits per heavy atom. The van der Waals surface area contributed by atoms with E-state index in [1.165, 1.54) is 12.8 Å². The van der Waals surface area contributed by atoms with Crippen molar-refractivity contribution < 1.29 is 9.53 Å². The van der Waals surface area contributed by atoms with Crippen LogP contribution in [0.1, 0.15) is 56.8 Å². The molecule has 2 rings (SSSR count). The minimum Gasteiger partial charge on any atom is -0.493 e. The van der Waals surface area contributed by atoms with Crippen molar-refractivity contribution in [2.24, 2.45) is 0 Å². The molecule has 0 aromatic heterocycles. The maximum absolute atomic E-state index is 12.7. The van der Waals surface area contributed by atoms with Gasteiger partial charge in [-0.3, -0.25) is 10.1 Å². The smallest absolute Gasteiger partial charge is 0.261 e. The van der Waals surface area contributed by atoms with Crippen LogP contribution in [0.4, 0.5) is 11.4 Å². The fraction of sp³-hybridized carbons (Fsp3) is 0.417. The van der Waals surface area contributed by atoms with Crippen LogP contribution < -0.4 is 20.3 Å². The second-order valence-electron chi connectivity index (χ2n) is 7.03. The molecule has 6 heteroatoms. The van der Waals surface area contributed by atoms with E-state index in [1.54, 1.807) is 6.07 Å². The molecule has 0 bridgehead atoms. The fourth-order valence-corrected chi connectivity index (χ4v) is 3.38. The number of ether oxygens (including phenoxy) is 1. The number of benzene rings is 2. The first kappa shape index (κ1) is 23.7. The van der Waals surface area contributed by atoms with Gasteiger partial charge in [0.2, 0.25) is 0 Å². The van der Waals surface area contributed by atoms with Crippen LogP contribution in [0.25, 0.3) is 0 Å². The Kier molecular flexibility index (Phi) is 10.1. The molecule has 0 fully saturated rings. The van der Waals surface area contributed by atoms with Crippen molar-refractivity contribution in [2.75, 3.05) is 29.9 Å². The van der Waals surface area contributed by atoms with Crippen LogP contribution >= 0.6 is 12.2 Å². The van der Waals surface area contributed by atoms with Gasteiger partial charge >= 0.3 is 0 Å². The maximum Gasteiger partial charge on any atom is 0.261 e. The predicted molar refractivity (Wildman–Crippen MR) is 130 cm³/mol. The molecule has 0 aliphatic carbocycles. The number of rotatable bonds is 11. The van der Waals surface area contributed by atoms with Gasteiger partial charge in [-0.25, -0.2) is 0 Å². The average Bonchev–Trinajstić information content (AvgIpc) is 2.76. The summed E-state index contributed by atoms with van der Waals surface area (Å²) >= 11 is 5.33. The summed E-state index contributed by atoms with van der Waals surface area (Å²) in [6.07, 6.45) is 4.49. The molecule has 0 saturated carbocycles. The number of carbonyl (C=O) groups excluding carboxylic acids is 1. The van der Waals surface area contributed by atoms with Gasteiger partial charge in [0.1, 0.15) is 5.75 Å². The van der Waals surface area contributed by atoms with Crippen molar-refractivity contribution in [3.8, 4) is 5.75 Å². The van der Waals surface area contributed by atoms with E-state index in [2.05, 4.69) is 36.3 Å². The van der Waals surface area contributed by atoms with Crippen molar-refractivity contribution >= 4 is 34.6 Å². The molecule has 2 aromatic rings. The number of hydrogen-bond acceptors (Lipinski definition) is 4.